The molecule has 0 spiro atoms. The molecule has 1 aliphatic heterocycles. The number of aliphatic hydroxyl groups is 2. The molecule has 5 aliphatic carbocycles. The third-order valence-corrected chi connectivity index (χ3v) is 14.4. The van der Waals surface area contributed by atoms with E-state index in [-0.39, 0.29) is 34.4 Å². The minimum absolute atomic E-state index is 0.0568. The second kappa shape index (κ2) is 7.26. The van der Waals surface area contributed by atoms with E-state index in [0.29, 0.717) is 23.7 Å². The summed E-state index contributed by atoms with van der Waals surface area (Å²) in [6, 6.07) is 0. The van der Waals surface area contributed by atoms with Crippen molar-refractivity contribution in [1.29, 1.82) is 0 Å². The van der Waals surface area contributed by atoms with Crippen molar-refractivity contribution in [3.63, 3.8) is 0 Å². The van der Waals surface area contributed by atoms with Gasteiger partial charge in [-0.1, -0.05) is 27.7 Å². The average Bonchev–Trinajstić information content (AvgIpc) is 3.42. The van der Waals surface area contributed by atoms with Gasteiger partial charge in [0.15, 0.2) is 0 Å². The fourth-order valence-electron chi connectivity index (χ4n) is 12.0. The number of carboxylic acids is 1. The minimum atomic E-state index is -0.571. The van der Waals surface area contributed by atoms with Crippen LogP contribution in [-0.4, -0.2) is 46.2 Å². The number of ether oxygens (including phenoxy) is 1. The predicted octanol–water partition coefficient (Wildman–Crippen LogP) is 5.27. The lowest BCUT2D eigenvalue weighted by molar-refractivity contribution is -0.255. The lowest BCUT2D eigenvalue weighted by Gasteiger charge is -2.72. The summed E-state index contributed by atoms with van der Waals surface area (Å²) in [6.45, 7) is 12.8. The number of rotatable bonds is 3. The summed E-state index contributed by atoms with van der Waals surface area (Å²) in [5, 5.41) is 32.0. The number of epoxide rings is 1. The first-order chi connectivity index (χ1) is 16.3. The number of hydrogen-bond acceptors (Lipinski definition) is 4. The molecule has 5 saturated carbocycles. The molecule has 3 N–H and O–H groups in total. The molecule has 6 fully saturated rings. The lowest BCUT2D eigenvalue weighted by Crippen LogP contribution is -2.68. The average molecular weight is 489 g/mol. The molecule has 12 atom stereocenters. The smallest absolute Gasteiger partial charge is 0.309 e. The van der Waals surface area contributed by atoms with Gasteiger partial charge in [0.1, 0.15) is 0 Å². The molecule has 1 heterocycles. The predicted molar refractivity (Wildman–Crippen MR) is 134 cm³/mol. The van der Waals surface area contributed by atoms with Crippen molar-refractivity contribution in [2.75, 3.05) is 13.2 Å². The molecule has 0 aromatic heterocycles. The molecule has 5 nitrogen and oxygen atoms in total. The highest BCUT2D eigenvalue weighted by Gasteiger charge is 2.74. The van der Waals surface area contributed by atoms with E-state index in [1.54, 1.807) is 0 Å². The van der Waals surface area contributed by atoms with Crippen LogP contribution in [-0.2, 0) is 9.53 Å². The number of aliphatic carboxylic acids is 1. The first-order valence-corrected chi connectivity index (χ1v) is 14.5. The third kappa shape index (κ3) is 2.79. The van der Waals surface area contributed by atoms with Gasteiger partial charge in [0.2, 0.25) is 0 Å². The van der Waals surface area contributed by atoms with Crippen molar-refractivity contribution >= 4 is 5.97 Å². The van der Waals surface area contributed by atoms with E-state index in [1.165, 1.54) is 0 Å². The molecule has 5 unspecified atom stereocenters. The van der Waals surface area contributed by atoms with E-state index in [9.17, 15) is 20.1 Å². The van der Waals surface area contributed by atoms with Crippen LogP contribution in [0.15, 0.2) is 0 Å². The Morgan fingerprint density at radius 1 is 0.829 bits per heavy atom. The van der Waals surface area contributed by atoms with E-state index in [2.05, 4.69) is 34.6 Å². The third-order valence-electron chi connectivity index (χ3n) is 14.4. The van der Waals surface area contributed by atoms with E-state index in [0.717, 1.165) is 70.8 Å². The Bertz CT molecular complexity index is 914. The van der Waals surface area contributed by atoms with Crippen molar-refractivity contribution in [3.8, 4) is 0 Å². The van der Waals surface area contributed by atoms with E-state index in [1.807, 2.05) is 0 Å². The van der Waals surface area contributed by atoms with Crippen LogP contribution in [0.25, 0.3) is 0 Å². The zero-order chi connectivity index (χ0) is 25.2. The molecule has 0 aromatic carbocycles. The second-order valence-corrected chi connectivity index (χ2v) is 15.1. The van der Waals surface area contributed by atoms with Gasteiger partial charge in [0, 0.05) is 5.41 Å². The number of fused-ring (bicyclic) bond motifs is 7. The van der Waals surface area contributed by atoms with E-state index < -0.39 is 22.9 Å². The molecule has 6 aliphatic rings. The van der Waals surface area contributed by atoms with Crippen molar-refractivity contribution in [2.45, 2.75) is 111 Å². The van der Waals surface area contributed by atoms with Gasteiger partial charge in [-0.3, -0.25) is 4.79 Å². The van der Waals surface area contributed by atoms with Gasteiger partial charge >= 0.3 is 5.97 Å². The Labute approximate surface area is 211 Å². The highest BCUT2D eigenvalue weighted by atomic mass is 16.6. The number of hydrogen-bond donors (Lipinski definition) is 3. The first kappa shape index (κ1) is 24.7. The number of aliphatic hydroxyl groups excluding tert-OH is 2. The number of carbonyl (C=O) groups is 1. The monoisotopic (exact) mass is 488 g/mol. The van der Waals surface area contributed by atoms with Crippen molar-refractivity contribution < 1.29 is 24.9 Å². The molecule has 5 heteroatoms. The van der Waals surface area contributed by atoms with Gasteiger partial charge in [-0.15, -0.1) is 0 Å². The van der Waals surface area contributed by atoms with Crippen LogP contribution in [0.3, 0.4) is 0 Å². The van der Waals surface area contributed by atoms with Crippen LogP contribution in [0.4, 0.5) is 0 Å². The quantitative estimate of drug-likeness (QED) is 0.471. The molecule has 198 valence electrons. The Morgan fingerprint density at radius 3 is 2.17 bits per heavy atom. The molecule has 6 rings (SSSR count). The number of carboxylic acid groups (broad SMARTS) is 1. The molecule has 1 saturated heterocycles. The van der Waals surface area contributed by atoms with Gasteiger partial charge in [0.05, 0.1) is 30.3 Å². The van der Waals surface area contributed by atoms with Crippen molar-refractivity contribution in [2.24, 2.45) is 56.7 Å². The molecular weight excluding hydrogens is 440 g/mol. The lowest BCUT2D eigenvalue weighted by atomic mass is 9.32. The SMILES string of the molecule is CC1([C@@H]2CC[C@]3(C(=O)O)CC[C@]4(C)C(CCC5[C@@]6(C)CC[C@H](O)[C@@](C)(CO)C6CC[C@]54C)C23)CO1. The summed E-state index contributed by atoms with van der Waals surface area (Å²) in [6.07, 6.45) is 9.46. The minimum Gasteiger partial charge on any atom is -0.481 e. The van der Waals surface area contributed by atoms with Gasteiger partial charge in [-0.2, -0.15) is 0 Å². The van der Waals surface area contributed by atoms with Gasteiger partial charge in [0.25, 0.3) is 0 Å². The van der Waals surface area contributed by atoms with Crippen molar-refractivity contribution in [1.82, 2.24) is 0 Å². The zero-order valence-corrected chi connectivity index (χ0v) is 22.6. The van der Waals surface area contributed by atoms with Crippen LogP contribution in [0, 0.1) is 56.7 Å². The first-order valence-electron chi connectivity index (χ1n) is 14.5. The van der Waals surface area contributed by atoms with Gasteiger partial charge < -0.3 is 20.1 Å². The van der Waals surface area contributed by atoms with Crippen LogP contribution in [0.2, 0.25) is 0 Å². The highest BCUT2D eigenvalue weighted by molar-refractivity contribution is 5.76. The van der Waals surface area contributed by atoms with Gasteiger partial charge in [-0.25, -0.2) is 0 Å². The zero-order valence-electron chi connectivity index (χ0n) is 22.6. The summed E-state index contributed by atoms with van der Waals surface area (Å²) < 4.78 is 5.99. The molecule has 0 radical (unpaired) electrons. The summed E-state index contributed by atoms with van der Waals surface area (Å²) in [5.41, 5.74) is -0.732. The standard InChI is InChI=1S/C30H48O5/c1-25-11-10-22(32)26(2,16-31)20(25)9-12-28(4)21(25)7-6-18-23-19(29(5)17-35-29)8-13-30(23,24(33)34)15-14-27(18,28)3/h18-23,31-32H,6-17H2,1-5H3,(H,33,34)/t18?,19-,20?,21?,22+,23?,25+,26+,27-,28-,29?,30+/m1/s1. The summed E-state index contributed by atoms with van der Waals surface area (Å²) in [4.78, 5) is 12.9. The molecule has 0 aromatic rings. The Balaban J connectivity index is 1.40. The van der Waals surface area contributed by atoms with Crippen LogP contribution < -0.4 is 0 Å². The summed E-state index contributed by atoms with van der Waals surface area (Å²) >= 11 is 0. The van der Waals surface area contributed by atoms with E-state index in [4.69, 9.17) is 4.74 Å². The molecular formula is C30H48O5. The topological polar surface area (TPSA) is 90.3 Å². The summed E-state index contributed by atoms with van der Waals surface area (Å²) in [7, 11) is 0. The maximum atomic E-state index is 12.9. The largest absolute Gasteiger partial charge is 0.481 e. The second-order valence-electron chi connectivity index (χ2n) is 15.1. The Hall–Kier alpha value is -0.650. The van der Waals surface area contributed by atoms with Crippen LogP contribution in [0.5, 0.6) is 0 Å². The van der Waals surface area contributed by atoms with Crippen LogP contribution >= 0.6 is 0 Å². The van der Waals surface area contributed by atoms with Crippen molar-refractivity contribution in [3.05, 3.63) is 0 Å². The molecule has 0 amide bonds. The maximum absolute atomic E-state index is 12.9. The van der Waals surface area contributed by atoms with Crippen LogP contribution in [0.1, 0.15) is 98.8 Å². The maximum Gasteiger partial charge on any atom is 0.309 e. The fourth-order valence-corrected chi connectivity index (χ4v) is 12.0. The highest BCUT2D eigenvalue weighted by Crippen LogP contribution is 2.78. The normalized spacial score (nSPS) is 61.2. The molecule has 0 bridgehead atoms. The van der Waals surface area contributed by atoms with E-state index >= 15 is 0 Å². The fraction of sp³-hybridized carbons (Fsp3) is 0.967. The Kier molecular flexibility index (Phi) is 5.12. The molecule has 35 heavy (non-hydrogen) atoms. The summed E-state index contributed by atoms with van der Waals surface area (Å²) in [5.74, 6) is 1.34. The Morgan fingerprint density at radius 2 is 1.54 bits per heavy atom. The van der Waals surface area contributed by atoms with Gasteiger partial charge in [-0.05, 0) is 117 Å².